The summed E-state index contributed by atoms with van der Waals surface area (Å²) in [5.74, 6) is -0.660. The third kappa shape index (κ3) is 3.23. The number of rotatable bonds is 6. The molecule has 0 aliphatic heterocycles. The van der Waals surface area contributed by atoms with Gasteiger partial charge in [-0.3, -0.25) is 4.79 Å². The van der Waals surface area contributed by atoms with Crippen molar-refractivity contribution in [2.24, 2.45) is 16.7 Å². The van der Waals surface area contributed by atoms with E-state index in [0.717, 1.165) is 18.4 Å². The second-order valence-electron chi connectivity index (χ2n) is 9.43. The lowest BCUT2D eigenvalue weighted by molar-refractivity contribution is 0.0592. The molecule has 0 spiro atoms. The minimum Gasteiger partial charge on any atom is -0.441 e. The molecule has 0 saturated heterocycles. The van der Waals surface area contributed by atoms with E-state index in [1.165, 1.54) is 18.5 Å². The molecule has 8 heteroatoms. The van der Waals surface area contributed by atoms with Crippen molar-refractivity contribution in [3.05, 3.63) is 52.9 Å². The highest BCUT2D eigenvalue weighted by molar-refractivity contribution is 6.28. The van der Waals surface area contributed by atoms with Gasteiger partial charge in [0.25, 0.3) is 5.89 Å². The number of nitrogens with one attached hydrogen (secondary N) is 2. The van der Waals surface area contributed by atoms with Crippen LogP contribution in [-0.2, 0) is 0 Å². The molecule has 4 rings (SSSR count). The van der Waals surface area contributed by atoms with Gasteiger partial charge in [0.2, 0.25) is 0 Å². The second-order valence-corrected chi connectivity index (χ2v) is 9.43. The van der Waals surface area contributed by atoms with Crippen LogP contribution in [0, 0.1) is 27.6 Å². The monoisotopic (exact) mass is 434 g/mol. The normalized spacial score (nSPS) is 27.8. The Balaban J connectivity index is 1.67. The van der Waals surface area contributed by atoms with Crippen LogP contribution in [-0.4, -0.2) is 48.2 Å². The topological polar surface area (TPSA) is 94.0 Å². The minimum atomic E-state index is -0.553. The summed E-state index contributed by atoms with van der Waals surface area (Å²) in [6, 6.07) is 0. The molecule has 1 aromatic rings. The fourth-order valence-electron chi connectivity index (χ4n) is 5.77. The third-order valence-corrected chi connectivity index (χ3v) is 7.72. The van der Waals surface area contributed by atoms with Crippen molar-refractivity contribution in [3.63, 3.8) is 0 Å². The van der Waals surface area contributed by atoms with Gasteiger partial charge in [0.05, 0.1) is 11.9 Å². The summed E-state index contributed by atoms with van der Waals surface area (Å²) in [6.45, 7) is 6.99. The van der Waals surface area contributed by atoms with Gasteiger partial charge in [0.15, 0.2) is 0 Å². The first-order valence-corrected chi connectivity index (χ1v) is 11.1. The molecule has 166 valence electrons. The lowest BCUT2D eigenvalue weighted by Crippen LogP contribution is -2.48. The van der Waals surface area contributed by atoms with Crippen molar-refractivity contribution in [3.8, 4) is 0 Å². The van der Waals surface area contributed by atoms with Crippen LogP contribution in [0.1, 0.15) is 57.1 Å². The standard InChI is InChI=1S/C24H28BFN4O2/c1-4-30(22(31)21-29-10-11-32-21)13-24-9-8-15(23(24,2)3)14(20(24)28)12-18(27)19-16(25)6-5-7-17(19)26/h7,10-12,15,27-28H,4-6,8-9,13H2,1-3H3/b14-12-,27-18?,28-20?/t15-,24?/m0/s1. The van der Waals surface area contributed by atoms with Crippen LogP contribution < -0.4 is 0 Å². The molecule has 1 aromatic heterocycles. The fourth-order valence-corrected chi connectivity index (χ4v) is 5.77. The molecule has 2 saturated carbocycles. The summed E-state index contributed by atoms with van der Waals surface area (Å²) in [5.41, 5.74) is 0.873. The molecule has 3 aliphatic rings. The summed E-state index contributed by atoms with van der Waals surface area (Å²) in [4.78, 5) is 18.6. The number of hydrogen-bond acceptors (Lipinski definition) is 5. The van der Waals surface area contributed by atoms with Gasteiger partial charge in [-0.2, -0.15) is 0 Å². The Kier molecular flexibility index (Phi) is 5.59. The highest BCUT2D eigenvalue weighted by Crippen LogP contribution is 2.66. The highest BCUT2D eigenvalue weighted by atomic mass is 19.1. The Bertz CT molecular complexity index is 1070. The lowest BCUT2D eigenvalue weighted by atomic mass is 9.68. The molecule has 2 atom stereocenters. The SMILES string of the molecule is [B]C1=C(C(=N)/C=C2\C(=N)C3(CN(CC)C(=O)c4ncco4)CC[C@@H]2C3(C)C)C(F)=CCC1. The number of nitrogens with zero attached hydrogens (tertiary/aromatic N) is 2. The molecule has 2 fully saturated rings. The van der Waals surface area contributed by atoms with Crippen molar-refractivity contribution in [2.75, 3.05) is 13.1 Å². The number of allylic oxidation sites excluding steroid dienone is 6. The Hall–Kier alpha value is -2.77. The van der Waals surface area contributed by atoms with Crippen LogP contribution in [0.25, 0.3) is 0 Å². The van der Waals surface area contributed by atoms with E-state index in [4.69, 9.17) is 23.1 Å². The van der Waals surface area contributed by atoms with Gasteiger partial charge >= 0.3 is 5.91 Å². The summed E-state index contributed by atoms with van der Waals surface area (Å²) in [6.07, 6.45) is 8.60. The number of carbonyl (C=O) groups is 1. The van der Waals surface area contributed by atoms with Crippen molar-refractivity contribution < 1.29 is 13.6 Å². The van der Waals surface area contributed by atoms with Crippen LogP contribution in [0.3, 0.4) is 0 Å². The second kappa shape index (κ2) is 7.98. The molecule has 3 aliphatic carbocycles. The molecular weight excluding hydrogens is 406 g/mol. The highest BCUT2D eigenvalue weighted by Gasteiger charge is 2.65. The summed E-state index contributed by atoms with van der Waals surface area (Å²) < 4.78 is 19.6. The average molecular weight is 434 g/mol. The summed E-state index contributed by atoms with van der Waals surface area (Å²) in [7, 11) is 6.01. The maximum Gasteiger partial charge on any atom is 0.309 e. The van der Waals surface area contributed by atoms with Crippen LogP contribution in [0.2, 0.25) is 0 Å². The van der Waals surface area contributed by atoms with Crippen molar-refractivity contribution in [1.29, 1.82) is 10.8 Å². The van der Waals surface area contributed by atoms with Gasteiger partial charge in [-0.25, -0.2) is 9.37 Å². The van der Waals surface area contributed by atoms with E-state index in [1.54, 1.807) is 11.0 Å². The van der Waals surface area contributed by atoms with Gasteiger partial charge in [-0.1, -0.05) is 13.8 Å². The summed E-state index contributed by atoms with van der Waals surface area (Å²) >= 11 is 0. The number of halogens is 1. The van der Waals surface area contributed by atoms with E-state index < -0.39 is 11.2 Å². The number of amides is 1. The number of hydrogen-bond donors (Lipinski definition) is 2. The van der Waals surface area contributed by atoms with Gasteiger partial charge < -0.3 is 20.1 Å². The van der Waals surface area contributed by atoms with E-state index in [1.807, 2.05) is 6.92 Å². The van der Waals surface area contributed by atoms with E-state index in [0.29, 0.717) is 37.1 Å². The first kappa shape index (κ1) is 22.4. The van der Waals surface area contributed by atoms with Gasteiger partial charge in [0, 0.05) is 29.8 Å². The van der Waals surface area contributed by atoms with Gasteiger partial charge in [-0.15, -0.1) is 5.47 Å². The van der Waals surface area contributed by atoms with Crippen molar-refractivity contribution in [1.82, 2.24) is 9.88 Å². The zero-order valence-corrected chi connectivity index (χ0v) is 18.8. The maximum atomic E-state index is 14.4. The lowest BCUT2D eigenvalue weighted by Gasteiger charge is -2.41. The van der Waals surface area contributed by atoms with E-state index in [-0.39, 0.29) is 34.4 Å². The van der Waals surface area contributed by atoms with Crippen LogP contribution in [0.4, 0.5) is 4.39 Å². The molecule has 2 bridgehead atoms. The molecule has 1 heterocycles. The molecule has 1 unspecified atom stereocenters. The Morgan fingerprint density at radius 3 is 2.84 bits per heavy atom. The quantitative estimate of drug-likeness (QED) is 0.506. The number of oxazole rings is 1. The number of aromatic nitrogens is 1. The van der Waals surface area contributed by atoms with Gasteiger partial charge in [0.1, 0.15) is 19.9 Å². The predicted octanol–water partition coefficient (Wildman–Crippen LogP) is 4.61. The molecule has 2 radical (unpaired) electrons. The van der Waals surface area contributed by atoms with Crippen LogP contribution in [0.15, 0.2) is 51.5 Å². The first-order valence-electron chi connectivity index (χ1n) is 11.1. The average Bonchev–Trinajstić information content (AvgIpc) is 3.39. The molecule has 1 amide bonds. The van der Waals surface area contributed by atoms with Crippen LogP contribution in [0.5, 0.6) is 0 Å². The number of fused-ring (bicyclic) bond motifs is 2. The van der Waals surface area contributed by atoms with E-state index in [2.05, 4.69) is 18.8 Å². The zero-order chi connectivity index (χ0) is 23.3. The molecule has 6 nitrogen and oxygen atoms in total. The van der Waals surface area contributed by atoms with Crippen molar-refractivity contribution >= 4 is 25.2 Å². The number of carbonyl (C=O) groups excluding carboxylic acids is 1. The van der Waals surface area contributed by atoms with Crippen LogP contribution >= 0.6 is 0 Å². The Morgan fingerprint density at radius 2 is 2.22 bits per heavy atom. The van der Waals surface area contributed by atoms with E-state index in [9.17, 15) is 9.18 Å². The third-order valence-electron chi connectivity index (χ3n) is 7.72. The molecule has 0 aromatic carbocycles. The summed E-state index contributed by atoms with van der Waals surface area (Å²) in [5, 5.41) is 17.6. The molecule has 2 N–H and O–H groups in total. The van der Waals surface area contributed by atoms with Gasteiger partial charge in [-0.05, 0) is 61.7 Å². The first-order chi connectivity index (χ1) is 15.1. The van der Waals surface area contributed by atoms with E-state index >= 15 is 0 Å². The predicted molar refractivity (Wildman–Crippen MR) is 122 cm³/mol. The molecular formula is C24H28BFN4O2. The zero-order valence-electron chi connectivity index (χ0n) is 18.8. The maximum absolute atomic E-state index is 14.4. The minimum absolute atomic E-state index is 0.0115. The fraction of sp³-hybridized carbons (Fsp3) is 0.500. The Morgan fingerprint density at radius 1 is 1.47 bits per heavy atom. The molecule has 32 heavy (non-hydrogen) atoms. The smallest absolute Gasteiger partial charge is 0.309 e. The van der Waals surface area contributed by atoms with Crippen molar-refractivity contribution in [2.45, 2.75) is 46.5 Å². The largest absolute Gasteiger partial charge is 0.441 e. The Labute approximate surface area is 189 Å².